The maximum Gasteiger partial charge on any atom is -0.147 e. The maximum absolute atomic E-state index is 9.08. The summed E-state index contributed by atoms with van der Waals surface area (Å²) in [4.78, 5) is 0. The van der Waals surface area contributed by atoms with Crippen LogP contribution in [0, 0.1) is 0 Å². The summed E-state index contributed by atoms with van der Waals surface area (Å²) < 4.78 is 5.91. The Balaban J connectivity index is 0.00000242. The van der Waals surface area contributed by atoms with Crippen molar-refractivity contribution in [2.75, 3.05) is 13.2 Å². The molecule has 0 aliphatic heterocycles. The molecule has 130 valence electrons. The zero-order valence-electron chi connectivity index (χ0n) is 13.8. The van der Waals surface area contributed by atoms with E-state index in [9.17, 15) is 0 Å². The van der Waals surface area contributed by atoms with Gasteiger partial charge in [0, 0.05) is 0 Å². The van der Waals surface area contributed by atoms with Gasteiger partial charge < -0.3 is 0 Å². The van der Waals surface area contributed by atoms with Crippen molar-refractivity contribution >= 4 is 28.5 Å². The van der Waals surface area contributed by atoms with Gasteiger partial charge in [-0.15, -0.1) is 24.8 Å². The average molecular weight is 439 g/mol. The molecular formula is C18H28Cl2O2Zr. The van der Waals surface area contributed by atoms with Gasteiger partial charge in [-0.3, -0.25) is 0 Å². The van der Waals surface area contributed by atoms with Crippen molar-refractivity contribution in [2.24, 2.45) is 0 Å². The fourth-order valence-corrected chi connectivity index (χ4v) is 10.2. The van der Waals surface area contributed by atoms with Crippen molar-refractivity contribution in [2.45, 2.75) is 45.4 Å². The molecule has 23 heavy (non-hydrogen) atoms. The third-order valence-electron chi connectivity index (χ3n) is 4.20. The standard InChI is InChI=1S/2C8H11O.C2H4.2ClH.Zr/c2*9-7-3-6-8-4-1-2-5-8;1-2;;;/h2*1,4,9H,2-3,6-7H2;1H,2H3;2*1H;. The molecule has 0 fully saturated rings. The number of halogens is 2. The van der Waals surface area contributed by atoms with Crippen molar-refractivity contribution in [3.8, 4) is 0 Å². The van der Waals surface area contributed by atoms with E-state index in [1.54, 1.807) is 6.56 Å². The molecular weight excluding hydrogens is 410 g/mol. The summed E-state index contributed by atoms with van der Waals surface area (Å²) in [5, 5.41) is 18.2. The molecule has 2 rings (SSSR count). The quantitative estimate of drug-likeness (QED) is 0.595. The van der Waals surface area contributed by atoms with Crippen molar-refractivity contribution in [3.05, 3.63) is 42.0 Å². The SMILES string of the molecule is C[CH]=[Zr]([C]1=C(CCCO)C=CC1)[C]1=C(CCCO)C=CC1.Cl.Cl. The van der Waals surface area contributed by atoms with Gasteiger partial charge in [0.15, 0.2) is 0 Å². The minimum Gasteiger partial charge on any atom is -0.147 e. The number of allylic oxidation sites excluding steroid dienone is 8. The van der Waals surface area contributed by atoms with Gasteiger partial charge in [0.1, 0.15) is 0 Å². The molecule has 2 aliphatic carbocycles. The van der Waals surface area contributed by atoms with Crippen LogP contribution in [0.1, 0.15) is 45.4 Å². The van der Waals surface area contributed by atoms with Crippen molar-refractivity contribution in [3.63, 3.8) is 0 Å². The number of rotatable bonds is 8. The summed E-state index contributed by atoms with van der Waals surface area (Å²) in [5.41, 5.74) is 3.00. The van der Waals surface area contributed by atoms with Gasteiger partial charge in [0.05, 0.1) is 0 Å². The molecule has 0 radical (unpaired) electrons. The summed E-state index contributed by atoms with van der Waals surface area (Å²) in [6, 6.07) is 0. The fourth-order valence-electron chi connectivity index (χ4n) is 3.21. The topological polar surface area (TPSA) is 40.5 Å². The van der Waals surface area contributed by atoms with Crippen LogP contribution in [0.3, 0.4) is 0 Å². The van der Waals surface area contributed by atoms with Crippen LogP contribution in [-0.2, 0) is 21.3 Å². The van der Waals surface area contributed by atoms with E-state index >= 15 is 0 Å². The molecule has 0 aromatic rings. The molecule has 0 heterocycles. The minimum absolute atomic E-state index is 0. The van der Waals surface area contributed by atoms with Crippen molar-refractivity contribution in [1.82, 2.24) is 0 Å². The zero-order valence-corrected chi connectivity index (χ0v) is 17.8. The smallest absolute Gasteiger partial charge is 0.147 e. The van der Waals surface area contributed by atoms with E-state index in [2.05, 4.69) is 34.9 Å². The first-order valence-electron chi connectivity index (χ1n) is 7.97. The predicted molar refractivity (Wildman–Crippen MR) is 100 cm³/mol. The Morgan fingerprint density at radius 2 is 1.35 bits per heavy atom. The van der Waals surface area contributed by atoms with Gasteiger partial charge in [-0.25, -0.2) is 0 Å². The summed E-state index contributed by atoms with van der Waals surface area (Å²) in [5.74, 6) is 0. The van der Waals surface area contributed by atoms with Crippen LogP contribution in [0.5, 0.6) is 0 Å². The van der Waals surface area contributed by atoms with E-state index in [0.717, 1.165) is 38.5 Å². The normalized spacial score (nSPS) is 15.8. The third kappa shape index (κ3) is 6.22. The molecule has 0 unspecified atom stereocenters. The summed E-state index contributed by atoms with van der Waals surface area (Å²) in [6.45, 7) is 2.80. The Bertz CT molecular complexity index is 487. The molecule has 0 atom stereocenters. The van der Waals surface area contributed by atoms with Crippen molar-refractivity contribution in [1.29, 1.82) is 0 Å². The van der Waals surface area contributed by atoms with Gasteiger partial charge in [-0.05, 0) is 0 Å². The Morgan fingerprint density at radius 3 is 1.70 bits per heavy atom. The van der Waals surface area contributed by atoms with Crippen LogP contribution in [0.4, 0.5) is 0 Å². The first-order chi connectivity index (χ1) is 10.3. The van der Waals surface area contributed by atoms with E-state index in [1.807, 2.05) is 0 Å². The second-order valence-electron chi connectivity index (χ2n) is 5.58. The number of aliphatic hydroxyl groups is 2. The van der Waals surface area contributed by atoms with E-state index < -0.39 is 21.3 Å². The molecule has 0 aromatic carbocycles. The van der Waals surface area contributed by atoms with E-state index in [-0.39, 0.29) is 38.0 Å². The van der Waals surface area contributed by atoms with Gasteiger partial charge in [0.25, 0.3) is 0 Å². The largest absolute Gasteiger partial charge is 0.147 e. The fraction of sp³-hybridized carbons (Fsp3) is 0.500. The summed E-state index contributed by atoms with van der Waals surface area (Å²) in [7, 11) is 0. The predicted octanol–water partition coefficient (Wildman–Crippen LogP) is 4.24. The summed E-state index contributed by atoms with van der Waals surface area (Å²) >= 11 is -1.83. The van der Waals surface area contributed by atoms with Gasteiger partial charge in [0.2, 0.25) is 0 Å². The zero-order chi connectivity index (χ0) is 15.1. The van der Waals surface area contributed by atoms with Crippen LogP contribution >= 0.6 is 24.8 Å². The first-order valence-corrected chi connectivity index (χ1v) is 11.9. The third-order valence-corrected chi connectivity index (χ3v) is 11.4. The average Bonchev–Trinajstić information content (AvgIpc) is 3.14. The number of hydrogen-bond acceptors (Lipinski definition) is 2. The van der Waals surface area contributed by atoms with Crippen LogP contribution < -0.4 is 0 Å². The Morgan fingerprint density at radius 1 is 0.913 bits per heavy atom. The van der Waals surface area contributed by atoms with Crippen molar-refractivity contribution < 1.29 is 31.5 Å². The number of aliphatic hydroxyl groups excluding tert-OH is 2. The second kappa shape index (κ2) is 12.6. The Labute approximate surface area is 160 Å². The molecule has 2 nitrogen and oxygen atoms in total. The molecule has 0 saturated carbocycles. The molecule has 0 amide bonds. The first kappa shape index (κ1) is 23.2. The molecule has 0 saturated heterocycles. The van der Waals surface area contributed by atoms with Gasteiger partial charge >= 0.3 is 136 Å². The van der Waals surface area contributed by atoms with E-state index in [0.29, 0.717) is 0 Å². The second-order valence-corrected chi connectivity index (χ2v) is 12.0. The molecule has 2 aliphatic rings. The van der Waals surface area contributed by atoms with E-state index in [4.69, 9.17) is 10.2 Å². The van der Waals surface area contributed by atoms with Crippen LogP contribution in [0.2, 0.25) is 0 Å². The molecule has 2 N–H and O–H groups in total. The summed E-state index contributed by atoms with van der Waals surface area (Å²) in [6.07, 6.45) is 15.2. The molecule has 0 aromatic heterocycles. The van der Waals surface area contributed by atoms with Crippen LogP contribution in [0.25, 0.3) is 0 Å². The van der Waals surface area contributed by atoms with Gasteiger partial charge in [-0.2, -0.15) is 0 Å². The van der Waals surface area contributed by atoms with E-state index in [1.165, 1.54) is 11.1 Å². The number of hydrogen-bond donors (Lipinski definition) is 2. The minimum atomic E-state index is -1.83. The maximum atomic E-state index is 9.08. The molecule has 0 bridgehead atoms. The Hall–Kier alpha value is 0.213. The van der Waals surface area contributed by atoms with Crippen LogP contribution in [-0.4, -0.2) is 27.1 Å². The van der Waals surface area contributed by atoms with Gasteiger partial charge in [-0.1, -0.05) is 0 Å². The monoisotopic (exact) mass is 436 g/mol. The molecule has 5 heteroatoms. The van der Waals surface area contributed by atoms with Crippen LogP contribution in [0.15, 0.2) is 42.0 Å². The Kier molecular flexibility index (Phi) is 12.7. The molecule has 0 spiro atoms.